The fraction of sp³-hybridized carbons (Fsp3) is 0.273. The highest BCUT2D eigenvalue weighted by Crippen LogP contribution is 2.20. The van der Waals surface area contributed by atoms with Gasteiger partial charge < -0.3 is 5.32 Å². The summed E-state index contributed by atoms with van der Waals surface area (Å²) in [4.78, 5) is 15.1. The maximum Gasteiger partial charge on any atom is 0.221 e. The van der Waals surface area contributed by atoms with E-state index in [1.807, 2.05) is 12.1 Å². The average molecular weight is 188 g/mol. The molecule has 2 rings (SSSR count). The highest BCUT2D eigenvalue weighted by molar-refractivity contribution is 5.88. The molecule has 0 unspecified atom stereocenters. The number of nitrogens with zero attached hydrogens (tertiary/aromatic N) is 1. The van der Waals surface area contributed by atoms with Gasteiger partial charge in [-0.3, -0.25) is 9.78 Å². The molecule has 0 fully saturated rings. The largest absolute Gasteiger partial charge is 0.325 e. The van der Waals surface area contributed by atoms with E-state index < -0.39 is 0 Å². The maximum absolute atomic E-state index is 10.8. The summed E-state index contributed by atoms with van der Waals surface area (Å²) in [6.07, 6.45) is 7.89. The first-order chi connectivity index (χ1) is 6.75. The van der Waals surface area contributed by atoms with Crippen molar-refractivity contribution in [2.75, 3.05) is 5.32 Å². The molecule has 0 aliphatic heterocycles. The van der Waals surface area contributed by atoms with Gasteiger partial charge in [0, 0.05) is 6.92 Å². The first-order valence-corrected chi connectivity index (χ1v) is 4.69. The molecule has 0 saturated heterocycles. The number of hydrogen-bond donors (Lipinski definition) is 1. The lowest BCUT2D eigenvalue weighted by Crippen LogP contribution is -2.07. The quantitative estimate of drug-likeness (QED) is 0.732. The van der Waals surface area contributed by atoms with Crippen molar-refractivity contribution in [1.82, 2.24) is 4.98 Å². The summed E-state index contributed by atoms with van der Waals surface area (Å²) in [6.45, 7) is 1.50. The van der Waals surface area contributed by atoms with Gasteiger partial charge in [0.1, 0.15) is 0 Å². The van der Waals surface area contributed by atoms with Gasteiger partial charge in [-0.2, -0.15) is 0 Å². The molecule has 1 aliphatic carbocycles. The van der Waals surface area contributed by atoms with Crippen LogP contribution in [0.25, 0.3) is 6.08 Å². The fourth-order valence-corrected chi connectivity index (χ4v) is 1.58. The molecule has 0 bridgehead atoms. The number of aromatic nitrogens is 1. The third kappa shape index (κ3) is 1.82. The molecule has 1 heterocycles. The second kappa shape index (κ2) is 3.62. The number of carbonyl (C=O) groups is 1. The normalized spacial score (nSPS) is 13.5. The lowest BCUT2D eigenvalue weighted by Gasteiger charge is -2.10. The summed E-state index contributed by atoms with van der Waals surface area (Å²) in [5, 5.41) is 2.73. The summed E-state index contributed by atoms with van der Waals surface area (Å²) in [7, 11) is 0. The number of aryl methyl sites for hydroxylation is 1. The Kier molecular flexibility index (Phi) is 2.31. The van der Waals surface area contributed by atoms with Gasteiger partial charge in [-0.15, -0.1) is 0 Å². The van der Waals surface area contributed by atoms with E-state index >= 15 is 0 Å². The topological polar surface area (TPSA) is 42.0 Å². The van der Waals surface area contributed by atoms with Crippen molar-refractivity contribution in [3.63, 3.8) is 0 Å². The summed E-state index contributed by atoms with van der Waals surface area (Å²) in [5.74, 6) is -0.0573. The van der Waals surface area contributed by atoms with Gasteiger partial charge in [-0.05, 0) is 30.5 Å². The molecule has 3 heteroatoms. The Labute approximate surface area is 82.9 Å². The molecule has 0 aromatic carbocycles. The Hall–Kier alpha value is -1.64. The SMILES string of the molecule is CC(=O)Nc1cnc2c(c1)CCC=C2. The number of nitrogens with one attached hydrogen (secondary N) is 1. The Morgan fingerprint density at radius 3 is 3.21 bits per heavy atom. The van der Waals surface area contributed by atoms with Crippen LogP contribution in [0.1, 0.15) is 24.6 Å². The van der Waals surface area contributed by atoms with Crippen LogP contribution in [0.3, 0.4) is 0 Å². The zero-order valence-electron chi connectivity index (χ0n) is 8.08. The van der Waals surface area contributed by atoms with Crippen LogP contribution < -0.4 is 5.32 Å². The number of fused-ring (bicyclic) bond motifs is 1. The van der Waals surface area contributed by atoms with Crippen LogP contribution in [0.4, 0.5) is 5.69 Å². The molecular weight excluding hydrogens is 176 g/mol. The Morgan fingerprint density at radius 1 is 1.57 bits per heavy atom. The molecule has 3 nitrogen and oxygen atoms in total. The first-order valence-electron chi connectivity index (χ1n) is 4.69. The molecular formula is C11H12N2O. The van der Waals surface area contributed by atoms with E-state index in [-0.39, 0.29) is 5.91 Å². The number of hydrogen-bond acceptors (Lipinski definition) is 2. The van der Waals surface area contributed by atoms with Crippen LogP contribution in [0.15, 0.2) is 18.3 Å². The molecule has 1 N–H and O–H groups in total. The summed E-state index contributed by atoms with van der Waals surface area (Å²) in [6, 6.07) is 1.99. The monoisotopic (exact) mass is 188 g/mol. The van der Waals surface area contributed by atoms with Gasteiger partial charge in [-0.25, -0.2) is 0 Å². The van der Waals surface area contributed by atoms with Crippen LogP contribution in [0, 0.1) is 0 Å². The Bertz CT molecular complexity index is 396. The zero-order valence-corrected chi connectivity index (χ0v) is 8.08. The molecule has 0 radical (unpaired) electrons. The number of rotatable bonds is 1. The molecule has 0 saturated carbocycles. The van der Waals surface area contributed by atoms with E-state index in [1.54, 1.807) is 6.20 Å². The predicted molar refractivity (Wildman–Crippen MR) is 55.9 cm³/mol. The van der Waals surface area contributed by atoms with E-state index in [0.29, 0.717) is 0 Å². The van der Waals surface area contributed by atoms with E-state index in [4.69, 9.17) is 0 Å². The summed E-state index contributed by atoms with van der Waals surface area (Å²) < 4.78 is 0. The van der Waals surface area contributed by atoms with Crippen molar-refractivity contribution < 1.29 is 4.79 Å². The smallest absolute Gasteiger partial charge is 0.221 e. The van der Waals surface area contributed by atoms with Gasteiger partial charge in [0.05, 0.1) is 17.6 Å². The van der Waals surface area contributed by atoms with Crippen LogP contribution in [-0.2, 0) is 11.2 Å². The van der Waals surface area contributed by atoms with Gasteiger partial charge in [0.2, 0.25) is 5.91 Å². The number of allylic oxidation sites excluding steroid dienone is 1. The number of carbonyl (C=O) groups excluding carboxylic acids is 1. The van der Waals surface area contributed by atoms with Crippen molar-refractivity contribution >= 4 is 17.7 Å². The number of amides is 1. The van der Waals surface area contributed by atoms with Crippen LogP contribution >= 0.6 is 0 Å². The van der Waals surface area contributed by atoms with E-state index in [1.165, 1.54) is 12.5 Å². The number of pyridine rings is 1. The minimum atomic E-state index is -0.0573. The van der Waals surface area contributed by atoms with E-state index in [2.05, 4.69) is 16.4 Å². The van der Waals surface area contributed by atoms with Crippen molar-refractivity contribution in [2.45, 2.75) is 19.8 Å². The molecule has 1 amide bonds. The molecule has 1 aromatic rings. The van der Waals surface area contributed by atoms with Crippen molar-refractivity contribution in [1.29, 1.82) is 0 Å². The molecule has 0 spiro atoms. The van der Waals surface area contributed by atoms with Gasteiger partial charge in [0.15, 0.2) is 0 Å². The van der Waals surface area contributed by atoms with Gasteiger partial charge in [0.25, 0.3) is 0 Å². The van der Waals surface area contributed by atoms with Gasteiger partial charge in [-0.1, -0.05) is 6.08 Å². The predicted octanol–water partition coefficient (Wildman–Crippen LogP) is 2.00. The summed E-state index contributed by atoms with van der Waals surface area (Å²) >= 11 is 0. The Balaban J connectivity index is 2.30. The van der Waals surface area contributed by atoms with Crippen molar-refractivity contribution in [2.24, 2.45) is 0 Å². The average Bonchev–Trinajstić information content (AvgIpc) is 2.17. The van der Waals surface area contributed by atoms with Crippen molar-refractivity contribution in [3.05, 3.63) is 29.6 Å². The highest BCUT2D eigenvalue weighted by Gasteiger charge is 2.06. The standard InChI is InChI=1S/C11H12N2O/c1-8(14)13-10-6-9-4-2-3-5-11(9)12-7-10/h3,5-7H,2,4H2,1H3,(H,13,14). The number of anilines is 1. The minimum absolute atomic E-state index is 0.0573. The second-order valence-electron chi connectivity index (χ2n) is 3.39. The zero-order chi connectivity index (χ0) is 9.97. The third-order valence-electron chi connectivity index (χ3n) is 2.18. The third-order valence-corrected chi connectivity index (χ3v) is 2.18. The van der Waals surface area contributed by atoms with Crippen LogP contribution in [-0.4, -0.2) is 10.9 Å². The molecule has 1 aromatic heterocycles. The molecule has 14 heavy (non-hydrogen) atoms. The van der Waals surface area contributed by atoms with Gasteiger partial charge >= 0.3 is 0 Å². The van der Waals surface area contributed by atoms with Crippen LogP contribution in [0.2, 0.25) is 0 Å². The lowest BCUT2D eigenvalue weighted by molar-refractivity contribution is -0.114. The Morgan fingerprint density at radius 2 is 2.43 bits per heavy atom. The first kappa shape index (κ1) is 8.94. The molecule has 72 valence electrons. The maximum atomic E-state index is 10.8. The minimum Gasteiger partial charge on any atom is -0.325 e. The molecule has 0 atom stereocenters. The van der Waals surface area contributed by atoms with E-state index in [0.717, 1.165) is 24.2 Å². The van der Waals surface area contributed by atoms with Crippen LogP contribution in [0.5, 0.6) is 0 Å². The highest BCUT2D eigenvalue weighted by atomic mass is 16.1. The van der Waals surface area contributed by atoms with E-state index in [9.17, 15) is 4.79 Å². The fourth-order valence-electron chi connectivity index (χ4n) is 1.58. The lowest BCUT2D eigenvalue weighted by atomic mass is 10.0. The molecule has 1 aliphatic rings. The van der Waals surface area contributed by atoms with Crippen molar-refractivity contribution in [3.8, 4) is 0 Å². The summed E-state index contributed by atoms with van der Waals surface area (Å²) in [5.41, 5.74) is 3.01. The second-order valence-corrected chi connectivity index (χ2v) is 3.39.